The molecule has 0 aliphatic carbocycles. The van der Waals surface area contributed by atoms with Gasteiger partial charge in [0.25, 0.3) is 5.91 Å². The van der Waals surface area contributed by atoms with Crippen molar-refractivity contribution in [1.29, 1.82) is 0 Å². The number of carbonyl (C=O) groups is 3. The molecule has 270 valence electrons. The summed E-state index contributed by atoms with van der Waals surface area (Å²) in [5.41, 5.74) is -0.869. The van der Waals surface area contributed by atoms with Crippen LogP contribution >= 0.6 is 0 Å². The minimum absolute atomic E-state index is 0.132. The van der Waals surface area contributed by atoms with E-state index in [2.05, 4.69) is 13.2 Å². The molecule has 6 atom stereocenters. The zero-order valence-corrected chi connectivity index (χ0v) is 30.3. The molecule has 3 amide bonds. The number of fused-ring (bicyclic) bond motifs is 2. The number of nitrogens with zero attached hydrogens (tertiary/aromatic N) is 3. The SMILES string of the molecule is C=CCN(C(=O)C1N([C@@H](CO)CC(C)C)C(=O)[C@@H]2[C@@H](C(=O)N(CC=C)c3ccc(OCC)cc3)[C@@]3(CC)CCC12O3)c1ccc2ccccc2c1. The lowest BCUT2D eigenvalue weighted by Crippen LogP contribution is -2.59. The van der Waals surface area contributed by atoms with Crippen LogP contribution in [-0.4, -0.2) is 77.3 Å². The molecule has 3 aliphatic rings. The number of rotatable bonds is 15. The van der Waals surface area contributed by atoms with Gasteiger partial charge < -0.3 is 29.3 Å². The van der Waals surface area contributed by atoms with Gasteiger partial charge in [-0.3, -0.25) is 14.4 Å². The summed E-state index contributed by atoms with van der Waals surface area (Å²) in [6.45, 7) is 16.5. The lowest BCUT2D eigenvalue weighted by Gasteiger charge is -2.40. The molecule has 3 fully saturated rings. The highest BCUT2D eigenvalue weighted by atomic mass is 16.5. The molecule has 9 heteroatoms. The molecule has 0 radical (unpaired) electrons. The molecule has 2 unspecified atom stereocenters. The molecule has 3 heterocycles. The third kappa shape index (κ3) is 6.14. The molecule has 1 spiro atoms. The normalized spacial score (nSPS) is 25.6. The van der Waals surface area contributed by atoms with Crippen molar-refractivity contribution in [3.05, 3.63) is 92.0 Å². The molecule has 3 aromatic carbocycles. The van der Waals surface area contributed by atoms with Crippen molar-refractivity contribution in [3.8, 4) is 5.75 Å². The van der Waals surface area contributed by atoms with E-state index in [0.29, 0.717) is 49.4 Å². The number of aliphatic hydroxyl groups excluding tert-OH is 1. The van der Waals surface area contributed by atoms with Crippen molar-refractivity contribution in [1.82, 2.24) is 4.90 Å². The van der Waals surface area contributed by atoms with E-state index in [4.69, 9.17) is 9.47 Å². The van der Waals surface area contributed by atoms with Crippen molar-refractivity contribution in [2.75, 3.05) is 36.1 Å². The zero-order valence-electron chi connectivity index (χ0n) is 30.3. The van der Waals surface area contributed by atoms with Gasteiger partial charge in [0.05, 0.1) is 36.7 Å². The van der Waals surface area contributed by atoms with Crippen molar-refractivity contribution < 1.29 is 29.0 Å². The monoisotopic (exact) mass is 693 g/mol. The molecular weight excluding hydrogens is 642 g/mol. The van der Waals surface area contributed by atoms with Gasteiger partial charge in [-0.05, 0) is 85.7 Å². The summed E-state index contributed by atoms with van der Waals surface area (Å²) in [5, 5.41) is 12.8. The first-order chi connectivity index (χ1) is 24.6. The average molecular weight is 694 g/mol. The number of amides is 3. The number of benzene rings is 3. The number of likely N-dealkylation sites (tertiary alicyclic amines) is 1. The van der Waals surface area contributed by atoms with Crippen molar-refractivity contribution in [3.63, 3.8) is 0 Å². The predicted molar refractivity (Wildman–Crippen MR) is 201 cm³/mol. The second-order valence-electron chi connectivity index (χ2n) is 14.5. The van der Waals surface area contributed by atoms with Gasteiger partial charge in [0.15, 0.2) is 0 Å². The van der Waals surface area contributed by atoms with E-state index in [0.717, 1.165) is 10.8 Å². The lowest BCUT2D eigenvalue weighted by atomic mass is 9.64. The van der Waals surface area contributed by atoms with Gasteiger partial charge >= 0.3 is 0 Å². The first kappa shape index (κ1) is 36.3. The van der Waals surface area contributed by atoms with Crippen LogP contribution in [0, 0.1) is 17.8 Å². The first-order valence-corrected chi connectivity index (χ1v) is 18.3. The van der Waals surface area contributed by atoms with Gasteiger partial charge in [-0.1, -0.05) is 63.3 Å². The van der Waals surface area contributed by atoms with E-state index in [-0.39, 0.29) is 43.3 Å². The van der Waals surface area contributed by atoms with Crippen molar-refractivity contribution in [2.24, 2.45) is 17.8 Å². The Morgan fingerprint density at radius 1 is 0.961 bits per heavy atom. The third-order valence-electron chi connectivity index (χ3n) is 11.1. The van der Waals surface area contributed by atoms with Crippen LogP contribution in [0.4, 0.5) is 11.4 Å². The van der Waals surface area contributed by atoms with E-state index in [1.807, 2.05) is 94.4 Å². The average Bonchev–Trinajstić information content (AvgIpc) is 3.75. The number of hydrogen-bond acceptors (Lipinski definition) is 6. The van der Waals surface area contributed by atoms with E-state index in [9.17, 15) is 5.11 Å². The molecular formula is C42H51N3O6. The zero-order chi connectivity index (χ0) is 36.5. The fourth-order valence-corrected chi connectivity index (χ4v) is 8.98. The van der Waals surface area contributed by atoms with Crippen LogP contribution in [0.25, 0.3) is 10.8 Å². The second kappa shape index (κ2) is 14.6. The number of aliphatic hydroxyl groups is 1. The molecule has 1 N–H and O–H groups in total. The number of ether oxygens (including phenoxy) is 2. The molecule has 0 aromatic heterocycles. The maximum Gasteiger partial charge on any atom is 0.253 e. The van der Waals surface area contributed by atoms with E-state index >= 15 is 14.4 Å². The van der Waals surface area contributed by atoms with Crippen LogP contribution < -0.4 is 14.5 Å². The second-order valence-corrected chi connectivity index (χ2v) is 14.5. The molecule has 51 heavy (non-hydrogen) atoms. The van der Waals surface area contributed by atoms with Crippen molar-refractivity contribution >= 4 is 39.9 Å². The summed E-state index contributed by atoms with van der Waals surface area (Å²) in [7, 11) is 0. The highest BCUT2D eigenvalue weighted by Crippen LogP contribution is 2.65. The Bertz CT molecular complexity index is 1790. The Hall–Kier alpha value is -4.47. The highest BCUT2D eigenvalue weighted by molar-refractivity contribution is 6.07. The van der Waals surface area contributed by atoms with Crippen LogP contribution in [-0.2, 0) is 19.1 Å². The summed E-state index contributed by atoms with van der Waals surface area (Å²) in [6, 6.07) is 19.5. The van der Waals surface area contributed by atoms with E-state index in [1.54, 1.807) is 26.9 Å². The van der Waals surface area contributed by atoms with Crippen LogP contribution in [0.1, 0.15) is 53.4 Å². The summed E-state index contributed by atoms with van der Waals surface area (Å²) in [4.78, 5) is 50.3. The smallest absolute Gasteiger partial charge is 0.253 e. The molecule has 3 saturated heterocycles. The highest BCUT2D eigenvalue weighted by Gasteiger charge is 2.79. The van der Waals surface area contributed by atoms with Gasteiger partial charge in [0, 0.05) is 24.5 Å². The molecule has 9 nitrogen and oxygen atoms in total. The van der Waals surface area contributed by atoms with Gasteiger partial charge in [0.1, 0.15) is 17.4 Å². The summed E-state index contributed by atoms with van der Waals surface area (Å²) in [6.07, 6.45) is 5.30. The van der Waals surface area contributed by atoms with E-state index in [1.165, 1.54) is 0 Å². The number of hydrogen-bond donors (Lipinski definition) is 1. The molecule has 0 saturated carbocycles. The summed E-state index contributed by atoms with van der Waals surface area (Å²) >= 11 is 0. The number of carbonyl (C=O) groups excluding carboxylic acids is 3. The van der Waals surface area contributed by atoms with Crippen LogP contribution in [0.3, 0.4) is 0 Å². The van der Waals surface area contributed by atoms with Gasteiger partial charge in [-0.2, -0.15) is 0 Å². The molecule has 3 aliphatic heterocycles. The Balaban J connectivity index is 1.47. The molecule has 2 bridgehead atoms. The fraction of sp³-hybridized carbons (Fsp3) is 0.452. The van der Waals surface area contributed by atoms with Crippen molar-refractivity contribution in [2.45, 2.75) is 76.7 Å². The van der Waals surface area contributed by atoms with Gasteiger partial charge in [-0.25, -0.2) is 0 Å². The quantitative estimate of drug-likeness (QED) is 0.182. The number of anilines is 2. The topological polar surface area (TPSA) is 99.6 Å². The maximum absolute atomic E-state index is 15.3. The molecule has 3 aromatic rings. The Kier molecular flexibility index (Phi) is 10.4. The maximum atomic E-state index is 15.3. The van der Waals surface area contributed by atoms with Crippen LogP contribution in [0.2, 0.25) is 0 Å². The Morgan fingerprint density at radius 3 is 2.22 bits per heavy atom. The van der Waals surface area contributed by atoms with Crippen LogP contribution in [0.5, 0.6) is 5.75 Å². The summed E-state index contributed by atoms with van der Waals surface area (Å²) < 4.78 is 12.8. The largest absolute Gasteiger partial charge is 0.494 e. The first-order valence-electron chi connectivity index (χ1n) is 18.3. The van der Waals surface area contributed by atoms with Gasteiger partial charge in [-0.15, -0.1) is 13.2 Å². The van der Waals surface area contributed by atoms with Gasteiger partial charge in [0.2, 0.25) is 11.8 Å². The Labute approximate surface area is 301 Å². The van der Waals surface area contributed by atoms with E-state index < -0.39 is 35.1 Å². The fourth-order valence-electron chi connectivity index (χ4n) is 8.98. The minimum atomic E-state index is -1.26. The standard InChI is InChI=1S/C42H51N3O6/c1-7-23-43(31-17-19-34(20-18-31)50-10-4)38(47)35-36-39(48)45(33(27-46)25-28(5)6)37(42(36)22-21-41(35,9-3)51-42)40(49)44(24-8-2)32-16-15-29-13-11-12-14-30(29)26-32/h7-8,11-20,26,28,33,35-37,46H,1-2,9-10,21-25,27H2,3-6H3/t33-,35+,36+,37?,41-,42?/m1/s1. The Morgan fingerprint density at radius 2 is 1.61 bits per heavy atom. The molecule has 6 rings (SSSR count). The van der Waals surface area contributed by atoms with Crippen LogP contribution in [0.15, 0.2) is 92.0 Å². The summed E-state index contributed by atoms with van der Waals surface area (Å²) in [5.74, 6) is -1.79. The minimum Gasteiger partial charge on any atom is -0.494 e. The lowest BCUT2D eigenvalue weighted by molar-refractivity contribution is -0.149. The third-order valence-corrected chi connectivity index (χ3v) is 11.1. The predicted octanol–water partition coefficient (Wildman–Crippen LogP) is 6.54.